The normalized spacial score (nSPS) is 20.1. The molecule has 6 nitrogen and oxygen atoms in total. The van der Waals surface area contributed by atoms with Crippen LogP contribution in [0.15, 0.2) is 18.2 Å². The SMILES string of the molecule is COc1ccc(CNC(=O)N2CCC(OCC3CC3)C2)cc1OC. The van der Waals surface area contributed by atoms with Gasteiger partial charge >= 0.3 is 6.03 Å². The lowest BCUT2D eigenvalue weighted by molar-refractivity contribution is 0.0538. The molecule has 1 aromatic carbocycles. The van der Waals surface area contributed by atoms with Crippen molar-refractivity contribution >= 4 is 6.03 Å². The van der Waals surface area contributed by atoms with Gasteiger partial charge in [0.2, 0.25) is 0 Å². The molecule has 2 aliphatic rings. The molecule has 1 heterocycles. The van der Waals surface area contributed by atoms with Crippen LogP contribution in [0.4, 0.5) is 4.79 Å². The maximum Gasteiger partial charge on any atom is 0.317 e. The van der Waals surface area contributed by atoms with Crippen LogP contribution in [0.2, 0.25) is 0 Å². The van der Waals surface area contributed by atoms with Crippen LogP contribution in [-0.4, -0.2) is 51.0 Å². The number of urea groups is 1. The van der Waals surface area contributed by atoms with Crippen LogP contribution < -0.4 is 14.8 Å². The lowest BCUT2D eigenvalue weighted by Gasteiger charge is -2.18. The quantitative estimate of drug-likeness (QED) is 0.832. The molecule has 1 saturated heterocycles. The largest absolute Gasteiger partial charge is 0.493 e. The summed E-state index contributed by atoms with van der Waals surface area (Å²) in [6, 6.07) is 5.61. The van der Waals surface area contributed by atoms with Gasteiger partial charge in [0.15, 0.2) is 11.5 Å². The number of likely N-dealkylation sites (tertiary alicyclic amines) is 1. The molecular formula is C18H26N2O4. The van der Waals surface area contributed by atoms with Crippen molar-refractivity contribution in [3.05, 3.63) is 23.8 Å². The minimum Gasteiger partial charge on any atom is -0.493 e. The molecule has 0 radical (unpaired) electrons. The Kier molecular flexibility index (Phi) is 5.45. The second-order valence-corrected chi connectivity index (χ2v) is 6.48. The molecule has 0 aromatic heterocycles. The van der Waals surface area contributed by atoms with E-state index in [0.29, 0.717) is 24.6 Å². The van der Waals surface area contributed by atoms with Crippen LogP contribution >= 0.6 is 0 Å². The Hall–Kier alpha value is -1.95. The number of nitrogens with zero attached hydrogens (tertiary/aromatic N) is 1. The molecule has 1 aromatic rings. The Morgan fingerprint density at radius 3 is 2.71 bits per heavy atom. The Balaban J connectivity index is 1.45. The fourth-order valence-electron chi connectivity index (χ4n) is 2.89. The molecule has 0 spiro atoms. The third-order valence-corrected chi connectivity index (χ3v) is 4.59. The Bertz CT molecular complexity index is 574. The highest BCUT2D eigenvalue weighted by atomic mass is 16.5. The smallest absolute Gasteiger partial charge is 0.317 e. The maximum absolute atomic E-state index is 12.3. The van der Waals surface area contributed by atoms with Crippen molar-refractivity contribution in [2.24, 2.45) is 5.92 Å². The van der Waals surface area contributed by atoms with Gasteiger partial charge in [-0.15, -0.1) is 0 Å². The van der Waals surface area contributed by atoms with Crippen LogP contribution in [0.25, 0.3) is 0 Å². The maximum atomic E-state index is 12.3. The van der Waals surface area contributed by atoms with Crippen molar-refractivity contribution in [2.45, 2.75) is 31.9 Å². The molecule has 132 valence electrons. The summed E-state index contributed by atoms with van der Waals surface area (Å²) in [5.74, 6) is 2.11. The lowest BCUT2D eigenvalue weighted by Crippen LogP contribution is -2.38. The summed E-state index contributed by atoms with van der Waals surface area (Å²) < 4.78 is 16.4. The first-order chi connectivity index (χ1) is 11.7. The van der Waals surface area contributed by atoms with Crippen LogP contribution in [0.3, 0.4) is 0 Å². The van der Waals surface area contributed by atoms with Gasteiger partial charge in [0.25, 0.3) is 0 Å². The minimum absolute atomic E-state index is 0.0395. The number of rotatable bonds is 7. The molecule has 1 saturated carbocycles. The first kappa shape index (κ1) is 16.9. The summed E-state index contributed by atoms with van der Waals surface area (Å²) in [5, 5.41) is 2.96. The number of benzene rings is 1. The number of methoxy groups -OCH3 is 2. The van der Waals surface area contributed by atoms with E-state index in [-0.39, 0.29) is 12.1 Å². The molecule has 2 fully saturated rings. The Morgan fingerprint density at radius 2 is 2.00 bits per heavy atom. The standard InChI is InChI=1S/C18H26N2O4/c1-22-16-6-5-14(9-17(16)23-2)10-19-18(21)20-8-7-15(11-20)24-12-13-3-4-13/h5-6,9,13,15H,3-4,7-8,10-12H2,1-2H3,(H,19,21). The van der Waals surface area contributed by atoms with Gasteiger partial charge < -0.3 is 24.4 Å². The van der Waals surface area contributed by atoms with Crippen molar-refractivity contribution < 1.29 is 19.0 Å². The van der Waals surface area contributed by atoms with E-state index in [1.807, 2.05) is 23.1 Å². The van der Waals surface area contributed by atoms with Crippen molar-refractivity contribution in [3.8, 4) is 11.5 Å². The van der Waals surface area contributed by atoms with Gasteiger partial charge in [0, 0.05) is 26.2 Å². The van der Waals surface area contributed by atoms with Gasteiger partial charge in [-0.1, -0.05) is 6.07 Å². The molecule has 3 rings (SSSR count). The van der Waals surface area contributed by atoms with Crippen LogP contribution in [0, 0.1) is 5.92 Å². The molecule has 24 heavy (non-hydrogen) atoms. The lowest BCUT2D eigenvalue weighted by atomic mass is 10.2. The monoisotopic (exact) mass is 334 g/mol. The molecule has 6 heteroatoms. The topological polar surface area (TPSA) is 60.0 Å². The summed E-state index contributed by atoms with van der Waals surface area (Å²) in [4.78, 5) is 14.1. The first-order valence-corrected chi connectivity index (χ1v) is 8.55. The van der Waals surface area contributed by atoms with Crippen molar-refractivity contribution in [1.29, 1.82) is 0 Å². The van der Waals surface area contributed by atoms with Crippen molar-refractivity contribution in [1.82, 2.24) is 10.2 Å². The number of carbonyl (C=O) groups is 1. The van der Waals surface area contributed by atoms with Gasteiger partial charge in [-0.05, 0) is 42.9 Å². The predicted octanol–water partition coefficient (Wildman–Crippen LogP) is 2.41. The summed E-state index contributed by atoms with van der Waals surface area (Å²) in [5.41, 5.74) is 0.974. The van der Waals surface area contributed by atoms with Crippen molar-refractivity contribution in [3.63, 3.8) is 0 Å². The van der Waals surface area contributed by atoms with E-state index in [1.54, 1.807) is 14.2 Å². The molecule has 1 unspecified atom stereocenters. The minimum atomic E-state index is -0.0395. The van der Waals surface area contributed by atoms with Gasteiger partial charge in [-0.2, -0.15) is 0 Å². The molecular weight excluding hydrogens is 308 g/mol. The molecule has 1 N–H and O–H groups in total. The molecule has 2 amide bonds. The summed E-state index contributed by atoms with van der Waals surface area (Å²) in [6.07, 6.45) is 3.71. The van der Waals surface area contributed by atoms with E-state index in [9.17, 15) is 4.79 Å². The number of ether oxygens (including phenoxy) is 3. The van der Waals surface area contributed by atoms with Gasteiger partial charge in [0.1, 0.15) is 0 Å². The number of hydrogen-bond acceptors (Lipinski definition) is 4. The first-order valence-electron chi connectivity index (χ1n) is 8.55. The fraction of sp³-hybridized carbons (Fsp3) is 0.611. The summed E-state index contributed by atoms with van der Waals surface area (Å²) >= 11 is 0. The second-order valence-electron chi connectivity index (χ2n) is 6.48. The van der Waals surface area contributed by atoms with E-state index in [1.165, 1.54) is 12.8 Å². The molecule has 0 bridgehead atoms. The Morgan fingerprint density at radius 1 is 1.21 bits per heavy atom. The highest BCUT2D eigenvalue weighted by Gasteiger charge is 2.29. The summed E-state index contributed by atoms with van der Waals surface area (Å²) in [6.45, 7) is 2.76. The summed E-state index contributed by atoms with van der Waals surface area (Å²) in [7, 11) is 3.21. The van der Waals surface area contributed by atoms with E-state index in [0.717, 1.165) is 31.1 Å². The van der Waals surface area contributed by atoms with Gasteiger partial charge in [0.05, 0.1) is 20.3 Å². The zero-order valence-electron chi connectivity index (χ0n) is 14.4. The van der Waals surface area contributed by atoms with E-state index >= 15 is 0 Å². The average molecular weight is 334 g/mol. The fourth-order valence-corrected chi connectivity index (χ4v) is 2.89. The van der Waals surface area contributed by atoms with Crippen LogP contribution in [-0.2, 0) is 11.3 Å². The van der Waals surface area contributed by atoms with Crippen LogP contribution in [0.5, 0.6) is 11.5 Å². The van der Waals surface area contributed by atoms with Gasteiger partial charge in [-0.25, -0.2) is 4.79 Å². The number of amides is 2. The number of hydrogen-bond donors (Lipinski definition) is 1. The number of nitrogens with one attached hydrogen (secondary N) is 1. The predicted molar refractivity (Wildman–Crippen MR) is 90.4 cm³/mol. The zero-order chi connectivity index (χ0) is 16.9. The molecule has 1 atom stereocenters. The van der Waals surface area contributed by atoms with Gasteiger partial charge in [-0.3, -0.25) is 0 Å². The van der Waals surface area contributed by atoms with Crippen molar-refractivity contribution in [2.75, 3.05) is 33.9 Å². The average Bonchev–Trinajstić information content (AvgIpc) is 3.33. The zero-order valence-corrected chi connectivity index (χ0v) is 14.4. The number of carbonyl (C=O) groups excluding carboxylic acids is 1. The van der Waals surface area contributed by atoms with E-state index in [4.69, 9.17) is 14.2 Å². The highest BCUT2D eigenvalue weighted by Crippen LogP contribution is 2.30. The third kappa shape index (κ3) is 4.32. The Labute approximate surface area is 143 Å². The third-order valence-electron chi connectivity index (χ3n) is 4.59. The van der Waals surface area contributed by atoms with E-state index in [2.05, 4.69) is 5.32 Å². The van der Waals surface area contributed by atoms with E-state index < -0.39 is 0 Å². The molecule has 1 aliphatic carbocycles. The highest BCUT2D eigenvalue weighted by molar-refractivity contribution is 5.74. The second kappa shape index (κ2) is 7.75. The van der Waals surface area contributed by atoms with Crippen LogP contribution in [0.1, 0.15) is 24.8 Å². The molecule has 1 aliphatic heterocycles.